The molecule has 1 atom stereocenters. The number of amides is 2. The molecular weight excluding hydrogens is 618 g/mol. The summed E-state index contributed by atoms with van der Waals surface area (Å²) in [5, 5.41) is 3.17. The SMILES string of the molecule is CC[C@H](C(=O)NCC(C)C)N(CCc1ccccc1)C(=O)CN(c1cc(Cl)ccc1OC)S(=O)(=O)c1ccc(OC)c(OC)c1. The van der Waals surface area contributed by atoms with Crippen LogP contribution in [0.2, 0.25) is 5.02 Å². The Morgan fingerprint density at radius 3 is 2.13 bits per heavy atom. The average molecular weight is 660 g/mol. The zero-order chi connectivity index (χ0) is 33.1. The number of benzene rings is 3. The van der Waals surface area contributed by atoms with Gasteiger partial charge in [0.15, 0.2) is 11.5 Å². The topological polar surface area (TPSA) is 114 Å². The minimum absolute atomic E-state index is 0.0634. The maximum Gasteiger partial charge on any atom is 0.265 e. The normalized spacial score (nSPS) is 11.9. The zero-order valence-electron chi connectivity index (χ0n) is 26.6. The lowest BCUT2D eigenvalue weighted by Gasteiger charge is -2.33. The molecule has 12 heteroatoms. The molecule has 0 spiro atoms. The number of rotatable bonds is 16. The number of hydrogen-bond acceptors (Lipinski definition) is 7. The molecule has 3 rings (SSSR count). The highest BCUT2D eigenvalue weighted by molar-refractivity contribution is 7.92. The van der Waals surface area contributed by atoms with E-state index in [4.69, 9.17) is 25.8 Å². The molecule has 2 amide bonds. The number of halogens is 1. The number of ether oxygens (including phenoxy) is 3. The van der Waals surface area contributed by atoms with Crippen molar-refractivity contribution in [2.24, 2.45) is 5.92 Å². The highest BCUT2D eigenvalue weighted by atomic mass is 35.5. The Balaban J connectivity index is 2.12. The van der Waals surface area contributed by atoms with Gasteiger partial charge in [-0.3, -0.25) is 13.9 Å². The van der Waals surface area contributed by atoms with Gasteiger partial charge in [-0.15, -0.1) is 0 Å². The standard InChI is InChI=1S/C33H42ClN3O7S/c1-7-27(33(39)35-21-23(2)3)36(18-17-24-11-9-8-10-12-24)32(38)22-37(28-19-25(34)13-15-29(28)42-4)45(40,41)26-14-16-30(43-5)31(20-26)44-6/h8-16,19-20,23,27H,7,17-18,21-22H2,1-6H3,(H,35,39)/t27-/m1/s1. The van der Waals surface area contributed by atoms with Crippen LogP contribution in [-0.4, -0.2) is 72.1 Å². The molecule has 0 aliphatic heterocycles. The molecular formula is C33H42ClN3O7S. The smallest absolute Gasteiger partial charge is 0.265 e. The Hall–Kier alpha value is -3.96. The molecule has 1 N–H and O–H groups in total. The van der Waals surface area contributed by atoms with Crippen molar-refractivity contribution >= 4 is 39.1 Å². The molecule has 0 bridgehead atoms. The number of hydrogen-bond donors (Lipinski definition) is 1. The second-order valence-corrected chi connectivity index (χ2v) is 13.0. The molecule has 0 aliphatic carbocycles. The van der Waals surface area contributed by atoms with Crippen molar-refractivity contribution in [3.8, 4) is 17.2 Å². The summed E-state index contributed by atoms with van der Waals surface area (Å²) < 4.78 is 45.8. The van der Waals surface area contributed by atoms with Crippen molar-refractivity contribution < 1.29 is 32.2 Å². The third-order valence-corrected chi connectivity index (χ3v) is 9.18. The average Bonchev–Trinajstić information content (AvgIpc) is 3.04. The van der Waals surface area contributed by atoms with Gasteiger partial charge in [0, 0.05) is 24.2 Å². The summed E-state index contributed by atoms with van der Waals surface area (Å²) in [5.74, 6) is 0.0573. The number of sulfonamides is 1. The van der Waals surface area contributed by atoms with Crippen molar-refractivity contribution in [3.05, 3.63) is 77.3 Å². The second-order valence-electron chi connectivity index (χ2n) is 10.7. The first-order chi connectivity index (χ1) is 21.5. The van der Waals surface area contributed by atoms with Crippen LogP contribution in [0.4, 0.5) is 5.69 Å². The summed E-state index contributed by atoms with van der Waals surface area (Å²) in [7, 11) is -0.181. The van der Waals surface area contributed by atoms with Gasteiger partial charge in [-0.05, 0) is 54.7 Å². The molecule has 0 aromatic heterocycles. The van der Waals surface area contributed by atoms with Gasteiger partial charge in [-0.2, -0.15) is 0 Å². The van der Waals surface area contributed by atoms with Crippen LogP contribution in [0.5, 0.6) is 17.2 Å². The molecule has 3 aromatic carbocycles. The summed E-state index contributed by atoms with van der Waals surface area (Å²) >= 11 is 6.33. The summed E-state index contributed by atoms with van der Waals surface area (Å²) in [5.41, 5.74) is 1.03. The quantitative estimate of drug-likeness (QED) is 0.225. The van der Waals surface area contributed by atoms with Crippen LogP contribution in [0.25, 0.3) is 0 Å². The Morgan fingerprint density at radius 2 is 1.53 bits per heavy atom. The fourth-order valence-corrected chi connectivity index (χ4v) is 6.39. The predicted octanol–water partition coefficient (Wildman–Crippen LogP) is 5.18. The molecule has 0 heterocycles. The van der Waals surface area contributed by atoms with Gasteiger partial charge in [-0.1, -0.05) is 62.7 Å². The molecule has 0 unspecified atom stereocenters. The van der Waals surface area contributed by atoms with E-state index in [0.29, 0.717) is 25.1 Å². The van der Waals surface area contributed by atoms with Gasteiger partial charge < -0.3 is 24.4 Å². The predicted molar refractivity (Wildman–Crippen MR) is 176 cm³/mol. The Kier molecular flexibility index (Phi) is 12.9. The third kappa shape index (κ3) is 9.04. The number of methoxy groups -OCH3 is 3. The van der Waals surface area contributed by atoms with Crippen LogP contribution in [-0.2, 0) is 26.0 Å². The highest BCUT2D eigenvalue weighted by Crippen LogP contribution is 2.37. The molecule has 0 aliphatic rings. The molecule has 0 fully saturated rings. The lowest BCUT2D eigenvalue weighted by molar-refractivity contribution is -0.139. The van der Waals surface area contributed by atoms with Crippen LogP contribution in [0, 0.1) is 5.92 Å². The maximum absolute atomic E-state index is 14.3. The molecule has 45 heavy (non-hydrogen) atoms. The first kappa shape index (κ1) is 35.5. The Labute approximate surface area is 271 Å². The van der Waals surface area contributed by atoms with Gasteiger partial charge in [-0.25, -0.2) is 8.42 Å². The van der Waals surface area contributed by atoms with Crippen molar-refractivity contribution in [1.82, 2.24) is 10.2 Å². The molecule has 3 aromatic rings. The number of nitrogens with one attached hydrogen (secondary N) is 1. The summed E-state index contributed by atoms with van der Waals surface area (Å²) in [6, 6.07) is 17.4. The highest BCUT2D eigenvalue weighted by Gasteiger charge is 2.35. The summed E-state index contributed by atoms with van der Waals surface area (Å²) in [4.78, 5) is 29.0. The van der Waals surface area contributed by atoms with Crippen LogP contribution in [0.3, 0.4) is 0 Å². The Bertz CT molecular complexity index is 1550. The minimum Gasteiger partial charge on any atom is -0.495 e. The first-order valence-electron chi connectivity index (χ1n) is 14.7. The van der Waals surface area contributed by atoms with Gasteiger partial charge in [0.2, 0.25) is 11.8 Å². The molecule has 0 radical (unpaired) electrons. The van der Waals surface area contributed by atoms with E-state index in [9.17, 15) is 18.0 Å². The lowest BCUT2D eigenvalue weighted by Crippen LogP contribution is -2.53. The van der Waals surface area contributed by atoms with Crippen LogP contribution >= 0.6 is 11.6 Å². The maximum atomic E-state index is 14.3. The van der Waals surface area contributed by atoms with Crippen molar-refractivity contribution in [1.29, 1.82) is 0 Å². The van der Waals surface area contributed by atoms with E-state index in [0.717, 1.165) is 9.87 Å². The largest absolute Gasteiger partial charge is 0.495 e. The van der Waals surface area contributed by atoms with Gasteiger partial charge in [0.1, 0.15) is 18.3 Å². The van der Waals surface area contributed by atoms with Crippen LogP contribution in [0.1, 0.15) is 32.8 Å². The van der Waals surface area contributed by atoms with Gasteiger partial charge in [0.05, 0.1) is 31.9 Å². The molecule has 0 saturated carbocycles. The second kappa shape index (κ2) is 16.4. The van der Waals surface area contributed by atoms with Gasteiger partial charge >= 0.3 is 0 Å². The van der Waals surface area contributed by atoms with E-state index >= 15 is 0 Å². The lowest BCUT2D eigenvalue weighted by atomic mass is 10.1. The van der Waals surface area contributed by atoms with E-state index in [1.807, 2.05) is 51.1 Å². The summed E-state index contributed by atoms with van der Waals surface area (Å²) in [6.45, 7) is 5.78. The minimum atomic E-state index is -4.42. The number of anilines is 1. The monoisotopic (exact) mass is 659 g/mol. The molecule has 0 saturated heterocycles. The molecule has 244 valence electrons. The first-order valence-corrected chi connectivity index (χ1v) is 16.5. The van der Waals surface area contributed by atoms with E-state index in [2.05, 4.69) is 5.32 Å². The van der Waals surface area contributed by atoms with E-state index in [1.165, 1.54) is 56.6 Å². The molecule has 10 nitrogen and oxygen atoms in total. The third-order valence-electron chi connectivity index (χ3n) is 7.19. The zero-order valence-corrected chi connectivity index (χ0v) is 28.2. The van der Waals surface area contributed by atoms with Crippen molar-refractivity contribution in [3.63, 3.8) is 0 Å². The summed E-state index contributed by atoms with van der Waals surface area (Å²) in [6.07, 6.45) is 0.789. The number of carbonyl (C=O) groups is 2. The van der Waals surface area contributed by atoms with Crippen LogP contribution in [0.15, 0.2) is 71.6 Å². The number of nitrogens with zero attached hydrogens (tertiary/aromatic N) is 2. The fourth-order valence-electron chi connectivity index (χ4n) is 4.79. The van der Waals surface area contributed by atoms with Crippen LogP contribution < -0.4 is 23.8 Å². The van der Waals surface area contributed by atoms with E-state index in [-0.39, 0.29) is 45.5 Å². The number of carbonyl (C=O) groups excluding carboxylic acids is 2. The van der Waals surface area contributed by atoms with E-state index < -0.39 is 28.5 Å². The van der Waals surface area contributed by atoms with Gasteiger partial charge in [0.25, 0.3) is 10.0 Å². The van der Waals surface area contributed by atoms with E-state index in [1.54, 1.807) is 6.07 Å². The van der Waals surface area contributed by atoms with Crippen molar-refractivity contribution in [2.45, 2.75) is 44.6 Å². The fraction of sp³-hybridized carbons (Fsp3) is 0.394. The van der Waals surface area contributed by atoms with Crippen molar-refractivity contribution in [2.75, 3.05) is 45.3 Å². The Morgan fingerprint density at radius 1 is 0.889 bits per heavy atom.